The molecule has 0 fully saturated rings. The first-order valence-corrected chi connectivity index (χ1v) is 23.3. The van der Waals surface area contributed by atoms with Gasteiger partial charge in [-0.1, -0.05) is 36.4 Å². The quantitative estimate of drug-likeness (QED) is 0.120. The number of pyridine rings is 4. The minimum Gasteiger partial charge on any atom is -0.481 e. The second kappa shape index (κ2) is 19.8. The van der Waals surface area contributed by atoms with E-state index in [4.69, 9.17) is 9.47 Å². The van der Waals surface area contributed by atoms with Crippen molar-refractivity contribution in [3.8, 4) is 34.0 Å². The molecule has 14 heteroatoms. The number of nitrogens with one attached hydrogen (secondary N) is 2. The van der Waals surface area contributed by atoms with E-state index in [0.29, 0.717) is 11.8 Å². The highest BCUT2D eigenvalue weighted by molar-refractivity contribution is 5.98. The van der Waals surface area contributed by atoms with Gasteiger partial charge in [0.25, 0.3) is 0 Å². The van der Waals surface area contributed by atoms with Gasteiger partial charge in [0.05, 0.1) is 48.4 Å². The molecule has 0 aliphatic heterocycles. The number of aromatic nitrogens is 10. The van der Waals surface area contributed by atoms with Crippen molar-refractivity contribution in [2.75, 3.05) is 24.9 Å². The lowest BCUT2D eigenvalue weighted by molar-refractivity contribution is 0.397. The number of hydrogen-bond donors (Lipinski definition) is 2. The molecule has 0 saturated carbocycles. The van der Waals surface area contributed by atoms with E-state index in [-0.39, 0.29) is 12.1 Å². The molecule has 14 nitrogen and oxygen atoms in total. The molecule has 72 heavy (non-hydrogen) atoms. The summed E-state index contributed by atoms with van der Waals surface area (Å²) < 4.78 is 14.8. The summed E-state index contributed by atoms with van der Waals surface area (Å²) in [4.78, 5) is 36.1. The first-order chi connectivity index (χ1) is 35.4. The molecular formula is C58H48N12O2. The van der Waals surface area contributed by atoms with Crippen LogP contribution >= 0.6 is 0 Å². The Balaban J connectivity index is 0.000000156. The molecule has 12 rings (SSSR count). The Hall–Kier alpha value is -9.56. The van der Waals surface area contributed by atoms with Crippen LogP contribution < -0.4 is 20.1 Å². The number of hydrogen-bond acceptors (Lipinski definition) is 12. The largest absolute Gasteiger partial charge is 0.481 e. The second-order valence-corrected chi connectivity index (χ2v) is 17.3. The molecule has 0 amide bonds. The molecule has 0 radical (unpaired) electrons. The summed E-state index contributed by atoms with van der Waals surface area (Å²) in [5, 5.41) is 9.81. The zero-order valence-electron chi connectivity index (χ0n) is 39.9. The van der Waals surface area contributed by atoms with Gasteiger partial charge in [-0.2, -0.15) is 0 Å². The summed E-state index contributed by atoms with van der Waals surface area (Å²) in [5.41, 5.74) is 15.8. The smallest absolute Gasteiger partial charge is 0.212 e. The zero-order valence-corrected chi connectivity index (χ0v) is 39.9. The van der Waals surface area contributed by atoms with Crippen LogP contribution in [0.5, 0.6) is 11.8 Å². The molecule has 8 heterocycles. The molecule has 0 aliphatic carbocycles. The lowest BCUT2D eigenvalue weighted by Gasteiger charge is -2.21. The number of aryl methyl sites for hydroxylation is 2. The zero-order chi connectivity index (χ0) is 49.0. The van der Waals surface area contributed by atoms with Crippen molar-refractivity contribution in [2.45, 2.75) is 12.1 Å². The van der Waals surface area contributed by atoms with Gasteiger partial charge in [0.1, 0.15) is 0 Å². The van der Waals surface area contributed by atoms with Crippen LogP contribution in [-0.2, 0) is 14.1 Å². The summed E-state index contributed by atoms with van der Waals surface area (Å²) in [6.07, 6.45) is 22.0. The molecule has 0 unspecified atom stereocenters. The Morgan fingerprint density at radius 1 is 0.431 bits per heavy atom. The maximum absolute atomic E-state index is 5.26. The fraction of sp³-hybridized carbons (Fsp3) is 0.103. The van der Waals surface area contributed by atoms with Gasteiger partial charge in [-0.3, -0.25) is 29.9 Å². The predicted octanol–water partition coefficient (Wildman–Crippen LogP) is 11.6. The fourth-order valence-electron chi connectivity index (χ4n) is 9.13. The monoisotopic (exact) mass is 944 g/mol. The Labute approximate surface area is 415 Å². The lowest BCUT2D eigenvalue weighted by Crippen LogP contribution is -2.13. The average molecular weight is 945 g/mol. The number of fused-ring (bicyclic) bond motifs is 4. The summed E-state index contributed by atoms with van der Waals surface area (Å²) in [6, 6.07) is 41.0. The van der Waals surface area contributed by atoms with Crippen LogP contribution in [0, 0.1) is 0 Å². The van der Waals surface area contributed by atoms with Crippen LogP contribution in [0.4, 0.5) is 11.4 Å². The molecule has 0 bridgehead atoms. The van der Waals surface area contributed by atoms with Gasteiger partial charge < -0.3 is 29.2 Å². The van der Waals surface area contributed by atoms with Gasteiger partial charge in [-0.15, -0.1) is 0 Å². The molecule has 2 atom stereocenters. The third-order valence-corrected chi connectivity index (χ3v) is 12.8. The van der Waals surface area contributed by atoms with Gasteiger partial charge in [-0.05, 0) is 117 Å². The van der Waals surface area contributed by atoms with E-state index >= 15 is 0 Å². The molecule has 0 spiro atoms. The van der Waals surface area contributed by atoms with Crippen molar-refractivity contribution in [1.29, 1.82) is 0 Å². The van der Waals surface area contributed by atoms with E-state index in [9.17, 15) is 0 Å². The van der Waals surface area contributed by atoms with E-state index in [1.807, 2.05) is 73.3 Å². The standard InChI is InChI=1S/2C29H24N6O/c2*1-35-13-9-19-5-6-20(14-26(19)35)24-15-23(16-25-29(24)32-12-11-31-25)34-28(21-4-3-10-30-17-21)22-7-8-27(36-2)33-18-22/h2*3-18,28,34H,1-2H3/t2*28-/m10/s1. The first-order valence-electron chi connectivity index (χ1n) is 23.3. The number of nitrogens with zero attached hydrogens (tertiary/aromatic N) is 10. The van der Waals surface area contributed by atoms with E-state index in [1.165, 1.54) is 21.8 Å². The molecule has 4 aromatic carbocycles. The van der Waals surface area contributed by atoms with E-state index < -0.39 is 0 Å². The van der Waals surface area contributed by atoms with Gasteiger partial charge >= 0.3 is 0 Å². The first kappa shape index (κ1) is 44.9. The predicted molar refractivity (Wildman–Crippen MR) is 284 cm³/mol. The Morgan fingerprint density at radius 2 is 0.875 bits per heavy atom. The molecule has 352 valence electrons. The van der Waals surface area contributed by atoms with Crippen LogP contribution in [0.15, 0.2) is 196 Å². The highest BCUT2D eigenvalue weighted by Gasteiger charge is 2.20. The Bertz CT molecular complexity index is 3570. The number of methoxy groups -OCH3 is 2. The van der Waals surface area contributed by atoms with Crippen molar-refractivity contribution in [1.82, 2.24) is 49.0 Å². The van der Waals surface area contributed by atoms with Crippen molar-refractivity contribution >= 4 is 55.2 Å². The molecule has 8 aromatic heterocycles. The van der Waals surface area contributed by atoms with E-state index in [1.54, 1.807) is 51.4 Å². The third kappa shape index (κ3) is 9.19. The van der Waals surface area contributed by atoms with Crippen LogP contribution in [-0.4, -0.2) is 63.2 Å². The Kier molecular flexibility index (Phi) is 12.4. The fourth-order valence-corrected chi connectivity index (χ4v) is 9.13. The molecule has 2 N–H and O–H groups in total. The van der Waals surface area contributed by atoms with E-state index in [2.05, 4.69) is 159 Å². The van der Waals surface area contributed by atoms with Crippen LogP contribution in [0.1, 0.15) is 34.3 Å². The maximum atomic E-state index is 5.26. The minimum absolute atomic E-state index is 0.172. The topological polar surface area (TPSA) is 156 Å². The summed E-state index contributed by atoms with van der Waals surface area (Å²) in [7, 11) is 7.35. The van der Waals surface area contributed by atoms with Crippen molar-refractivity contribution in [3.63, 3.8) is 0 Å². The minimum atomic E-state index is -0.172. The summed E-state index contributed by atoms with van der Waals surface area (Å²) in [5.74, 6) is 1.14. The highest BCUT2D eigenvalue weighted by Crippen LogP contribution is 2.37. The van der Waals surface area contributed by atoms with Gasteiger partial charge in [0, 0.05) is 134 Å². The number of ether oxygens (including phenoxy) is 2. The van der Waals surface area contributed by atoms with Crippen molar-refractivity contribution < 1.29 is 9.47 Å². The van der Waals surface area contributed by atoms with Crippen LogP contribution in [0.2, 0.25) is 0 Å². The lowest BCUT2D eigenvalue weighted by atomic mass is 9.99. The number of benzene rings is 4. The number of anilines is 2. The molecule has 0 aliphatic rings. The maximum Gasteiger partial charge on any atom is 0.212 e. The molecule has 0 saturated heterocycles. The van der Waals surface area contributed by atoms with Gasteiger partial charge in [0.2, 0.25) is 11.8 Å². The normalized spacial score (nSPS) is 12.1. The summed E-state index contributed by atoms with van der Waals surface area (Å²) >= 11 is 0. The van der Waals surface area contributed by atoms with Crippen molar-refractivity contribution in [3.05, 3.63) is 218 Å². The highest BCUT2D eigenvalue weighted by atomic mass is 16.5. The van der Waals surface area contributed by atoms with E-state index in [0.717, 1.165) is 77.9 Å². The molecular weight excluding hydrogens is 897 g/mol. The van der Waals surface area contributed by atoms with Crippen LogP contribution in [0.25, 0.3) is 66.1 Å². The summed E-state index contributed by atoms with van der Waals surface area (Å²) in [6.45, 7) is 0. The number of rotatable bonds is 12. The van der Waals surface area contributed by atoms with Gasteiger partial charge in [-0.25, -0.2) is 9.97 Å². The Morgan fingerprint density at radius 3 is 1.28 bits per heavy atom. The average Bonchev–Trinajstić information content (AvgIpc) is 4.01. The third-order valence-electron chi connectivity index (χ3n) is 12.8. The SMILES string of the molecule is COc1ccc([C@@H](Nc2cc(-c3ccc4ccn(C)c4c3)c3nccnc3c2)c2cccnc2)cn1.COc1ccc([C@H](Nc2cc(-c3ccc4ccn(C)c4c3)c3nccnc3c2)c2cccnc2)cn1. The van der Waals surface area contributed by atoms with Gasteiger partial charge in [0.15, 0.2) is 0 Å². The van der Waals surface area contributed by atoms with Crippen LogP contribution in [0.3, 0.4) is 0 Å². The molecule has 12 aromatic rings. The van der Waals surface area contributed by atoms with Crippen molar-refractivity contribution in [2.24, 2.45) is 14.1 Å². The second-order valence-electron chi connectivity index (χ2n) is 17.3.